The molecule has 0 bridgehead atoms. The highest BCUT2D eigenvalue weighted by Gasteiger charge is 2.24. The van der Waals surface area contributed by atoms with Crippen LogP contribution < -0.4 is 10.6 Å². The zero-order valence-corrected chi connectivity index (χ0v) is 21.5. The first kappa shape index (κ1) is 26.1. The van der Waals surface area contributed by atoms with Crippen LogP contribution in [0.25, 0.3) is 0 Å². The van der Waals surface area contributed by atoms with Gasteiger partial charge in [0.1, 0.15) is 0 Å². The summed E-state index contributed by atoms with van der Waals surface area (Å²) in [6.07, 6.45) is 11.4. The van der Waals surface area contributed by atoms with Gasteiger partial charge in [0.15, 0.2) is 0 Å². The second-order valence-corrected chi connectivity index (χ2v) is 10.4. The third kappa shape index (κ3) is 8.28. The lowest BCUT2D eigenvalue weighted by molar-refractivity contribution is 0.164. The summed E-state index contributed by atoms with van der Waals surface area (Å²) in [6.45, 7) is 2.03. The maximum absolute atomic E-state index is 13.4. The van der Waals surface area contributed by atoms with Crippen molar-refractivity contribution in [1.29, 1.82) is 0 Å². The summed E-state index contributed by atoms with van der Waals surface area (Å²) in [4.78, 5) is 30.5. The lowest BCUT2D eigenvalue weighted by atomic mass is 9.96. The number of rotatable bonds is 9. The van der Waals surface area contributed by atoms with Gasteiger partial charge in [0.25, 0.3) is 0 Å². The van der Waals surface area contributed by atoms with Gasteiger partial charge in [0.05, 0.1) is 0 Å². The van der Waals surface area contributed by atoms with Crippen LogP contribution >= 0.6 is 0 Å². The normalized spacial score (nSPS) is 16.8. The van der Waals surface area contributed by atoms with E-state index in [1.165, 1.54) is 38.5 Å². The first-order valence-corrected chi connectivity index (χ1v) is 13.9. The van der Waals surface area contributed by atoms with Gasteiger partial charge in [0, 0.05) is 38.3 Å². The Morgan fingerprint density at radius 2 is 0.944 bits per heavy atom. The molecule has 0 spiro atoms. The number of hydrogen-bond donors (Lipinski definition) is 2. The minimum absolute atomic E-state index is 0.0295. The smallest absolute Gasteiger partial charge is 0.317 e. The molecular formula is C30H42N4O2. The van der Waals surface area contributed by atoms with Crippen LogP contribution in [0.15, 0.2) is 60.7 Å². The van der Waals surface area contributed by atoms with E-state index >= 15 is 0 Å². The average Bonchev–Trinajstić information content (AvgIpc) is 2.92. The predicted molar refractivity (Wildman–Crippen MR) is 145 cm³/mol. The fourth-order valence-electron chi connectivity index (χ4n) is 5.38. The SMILES string of the molecule is O=C(NC1CCCCC1)N(CCN(Cc1ccccc1)C(=O)NC1CCCCC1)Cc1ccccc1. The van der Waals surface area contributed by atoms with E-state index in [2.05, 4.69) is 34.9 Å². The molecule has 4 amide bonds. The van der Waals surface area contributed by atoms with Gasteiger partial charge < -0.3 is 20.4 Å². The molecule has 0 saturated heterocycles. The van der Waals surface area contributed by atoms with Gasteiger partial charge in [-0.2, -0.15) is 0 Å². The van der Waals surface area contributed by atoms with Crippen molar-refractivity contribution in [2.45, 2.75) is 89.4 Å². The molecule has 0 atom stereocenters. The Labute approximate surface area is 216 Å². The summed E-state index contributed by atoms with van der Waals surface area (Å²) < 4.78 is 0. The molecule has 2 N–H and O–H groups in total. The van der Waals surface area contributed by atoms with E-state index in [1.54, 1.807) is 0 Å². The Morgan fingerprint density at radius 1 is 0.583 bits per heavy atom. The molecule has 2 aromatic rings. The first-order valence-electron chi connectivity index (χ1n) is 13.9. The fraction of sp³-hybridized carbons (Fsp3) is 0.533. The molecule has 2 aliphatic rings. The molecule has 2 saturated carbocycles. The average molecular weight is 491 g/mol. The van der Waals surface area contributed by atoms with Crippen LogP contribution in [-0.4, -0.2) is 47.0 Å². The Bertz CT molecular complexity index is 847. The quantitative estimate of drug-likeness (QED) is 0.448. The monoisotopic (exact) mass is 490 g/mol. The number of carbonyl (C=O) groups excluding carboxylic acids is 2. The predicted octanol–water partition coefficient (Wildman–Crippen LogP) is 6.08. The van der Waals surface area contributed by atoms with Gasteiger partial charge in [0.2, 0.25) is 0 Å². The molecule has 4 rings (SSSR count). The van der Waals surface area contributed by atoms with Crippen molar-refractivity contribution in [2.75, 3.05) is 13.1 Å². The Kier molecular flexibility index (Phi) is 10.1. The highest BCUT2D eigenvalue weighted by Crippen LogP contribution is 2.19. The van der Waals surface area contributed by atoms with Crippen LogP contribution in [0.2, 0.25) is 0 Å². The lowest BCUT2D eigenvalue weighted by Crippen LogP contribution is -2.50. The van der Waals surface area contributed by atoms with Gasteiger partial charge in [-0.15, -0.1) is 0 Å². The highest BCUT2D eigenvalue weighted by molar-refractivity contribution is 5.76. The molecule has 194 valence electrons. The van der Waals surface area contributed by atoms with Crippen LogP contribution in [0.1, 0.15) is 75.3 Å². The van der Waals surface area contributed by atoms with Crippen molar-refractivity contribution in [2.24, 2.45) is 0 Å². The van der Waals surface area contributed by atoms with E-state index in [0.29, 0.717) is 26.2 Å². The van der Waals surface area contributed by atoms with Crippen molar-refractivity contribution in [3.8, 4) is 0 Å². The van der Waals surface area contributed by atoms with Crippen LogP contribution in [0.5, 0.6) is 0 Å². The zero-order chi connectivity index (χ0) is 25.0. The van der Waals surface area contributed by atoms with Gasteiger partial charge in [-0.05, 0) is 36.8 Å². The van der Waals surface area contributed by atoms with E-state index in [9.17, 15) is 9.59 Å². The molecule has 6 nitrogen and oxygen atoms in total. The van der Waals surface area contributed by atoms with Gasteiger partial charge in [-0.1, -0.05) is 99.2 Å². The summed E-state index contributed by atoms with van der Waals surface area (Å²) in [5, 5.41) is 6.55. The third-order valence-corrected chi connectivity index (χ3v) is 7.51. The molecule has 2 aliphatic carbocycles. The molecule has 0 heterocycles. The van der Waals surface area contributed by atoms with E-state index in [0.717, 1.165) is 36.8 Å². The van der Waals surface area contributed by atoms with Crippen LogP contribution in [0.3, 0.4) is 0 Å². The maximum Gasteiger partial charge on any atom is 0.317 e. The second-order valence-electron chi connectivity index (χ2n) is 10.4. The zero-order valence-electron chi connectivity index (χ0n) is 21.5. The van der Waals surface area contributed by atoms with Crippen molar-refractivity contribution in [1.82, 2.24) is 20.4 Å². The summed E-state index contributed by atoms with van der Waals surface area (Å²) in [5.41, 5.74) is 2.19. The second kappa shape index (κ2) is 13.9. The lowest BCUT2D eigenvalue weighted by Gasteiger charge is -2.32. The molecular weight excluding hydrogens is 448 g/mol. The summed E-state index contributed by atoms with van der Waals surface area (Å²) in [6, 6.07) is 20.7. The molecule has 0 unspecified atom stereocenters. The Balaban J connectivity index is 1.44. The van der Waals surface area contributed by atoms with Gasteiger partial charge in [-0.25, -0.2) is 9.59 Å². The fourth-order valence-corrected chi connectivity index (χ4v) is 5.38. The van der Waals surface area contributed by atoms with Crippen LogP contribution in [0.4, 0.5) is 9.59 Å². The Hall–Kier alpha value is -3.02. The van der Waals surface area contributed by atoms with E-state index in [-0.39, 0.29) is 24.1 Å². The van der Waals surface area contributed by atoms with Crippen LogP contribution in [-0.2, 0) is 13.1 Å². The molecule has 36 heavy (non-hydrogen) atoms. The number of urea groups is 2. The van der Waals surface area contributed by atoms with E-state index in [4.69, 9.17) is 0 Å². The minimum atomic E-state index is -0.0295. The molecule has 6 heteroatoms. The van der Waals surface area contributed by atoms with E-state index in [1.807, 2.05) is 46.2 Å². The first-order chi connectivity index (χ1) is 17.7. The van der Waals surface area contributed by atoms with Crippen molar-refractivity contribution in [3.63, 3.8) is 0 Å². The number of carbonyl (C=O) groups is 2. The number of amides is 4. The number of hydrogen-bond acceptors (Lipinski definition) is 2. The van der Waals surface area contributed by atoms with Gasteiger partial charge >= 0.3 is 12.1 Å². The topological polar surface area (TPSA) is 64.7 Å². The van der Waals surface area contributed by atoms with Crippen molar-refractivity contribution < 1.29 is 9.59 Å². The molecule has 0 radical (unpaired) electrons. The standard InChI is InChI=1S/C30H42N4O2/c35-29(31-27-17-9-3-10-18-27)33(23-25-13-5-1-6-14-25)21-22-34(24-26-15-7-2-8-16-26)30(36)32-28-19-11-4-12-20-28/h1-2,5-8,13-16,27-28H,3-4,9-12,17-24H2,(H,31,35)(H,32,36). The third-order valence-electron chi connectivity index (χ3n) is 7.51. The summed E-state index contributed by atoms with van der Waals surface area (Å²) >= 11 is 0. The maximum atomic E-state index is 13.4. The van der Waals surface area contributed by atoms with Crippen molar-refractivity contribution >= 4 is 12.1 Å². The largest absolute Gasteiger partial charge is 0.335 e. The highest BCUT2D eigenvalue weighted by atomic mass is 16.2. The molecule has 0 aliphatic heterocycles. The summed E-state index contributed by atoms with van der Waals surface area (Å²) in [5.74, 6) is 0. The van der Waals surface area contributed by atoms with Gasteiger partial charge in [-0.3, -0.25) is 0 Å². The molecule has 2 aromatic carbocycles. The van der Waals surface area contributed by atoms with E-state index < -0.39 is 0 Å². The minimum Gasteiger partial charge on any atom is -0.335 e. The Morgan fingerprint density at radius 3 is 1.31 bits per heavy atom. The molecule has 2 fully saturated rings. The van der Waals surface area contributed by atoms with Crippen LogP contribution in [0, 0.1) is 0 Å². The number of nitrogens with zero attached hydrogens (tertiary/aromatic N) is 2. The summed E-state index contributed by atoms with van der Waals surface area (Å²) in [7, 11) is 0. The number of nitrogens with one attached hydrogen (secondary N) is 2. The number of benzene rings is 2. The molecule has 0 aromatic heterocycles. The van der Waals surface area contributed by atoms with Crippen molar-refractivity contribution in [3.05, 3.63) is 71.8 Å².